The molecule has 2 aliphatic rings. The number of nitrogens with two attached hydrogens (primary N) is 1. The summed E-state index contributed by atoms with van der Waals surface area (Å²) in [7, 11) is 0. The van der Waals surface area contributed by atoms with E-state index in [-0.39, 0.29) is 50.6 Å². The van der Waals surface area contributed by atoms with Gasteiger partial charge in [-0.05, 0) is 0 Å². The van der Waals surface area contributed by atoms with E-state index in [4.69, 9.17) is 15.0 Å². The molecule has 1 atom stereocenters. The largest absolute Gasteiger partial charge is 0.442 e. The number of urea groups is 1. The van der Waals surface area contributed by atoms with Crippen molar-refractivity contribution in [1.29, 1.82) is 0 Å². The van der Waals surface area contributed by atoms with Gasteiger partial charge < -0.3 is 25.2 Å². The Bertz CT molecular complexity index is 935. The smallest absolute Gasteiger partial charge is 0.414 e. The van der Waals surface area contributed by atoms with E-state index in [2.05, 4.69) is 15.9 Å². The van der Waals surface area contributed by atoms with Crippen molar-refractivity contribution in [3.8, 4) is 0 Å². The van der Waals surface area contributed by atoms with Crippen molar-refractivity contribution in [2.45, 2.75) is 6.10 Å². The molecule has 0 bridgehead atoms. The Balaban J connectivity index is 1.45. The van der Waals surface area contributed by atoms with E-state index in [1.54, 1.807) is 6.07 Å². The lowest BCUT2D eigenvalue weighted by atomic mass is 10.2. The number of amides is 3. The Morgan fingerprint density at radius 3 is 2.74 bits per heavy atom. The van der Waals surface area contributed by atoms with Crippen molar-refractivity contribution in [3.63, 3.8) is 0 Å². The molecule has 2 fully saturated rings. The fraction of sp³-hybridized carbons (Fsp3) is 0.389. The summed E-state index contributed by atoms with van der Waals surface area (Å²) in [4.78, 5) is 26.2. The van der Waals surface area contributed by atoms with E-state index in [0.717, 1.165) is 12.1 Å². The number of rotatable bonds is 5. The van der Waals surface area contributed by atoms with Crippen molar-refractivity contribution in [2.24, 2.45) is 5.73 Å². The van der Waals surface area contributed by atoms with Crippen LogP contribution in [0.4, 0.5) is 35.6 Å². The van der Waals surface area contributed by atoms with E-state index >= 15 is 0 Å². The van der Waals surface area contributed by atoms with E-state index in [1.165, 1.54) is 21.1 Å². The molecule has 3 heterocycles. The van der Waals surface area contributed by atoms with Crippen LogP contribution >= 0.6 is 0 Å². The first kappa shape index (κ1) is 20.7. The van der Waals surface area contributed by atoms with Gasteiger partial charge in [-0.15, -0.1) is 0 Å². The number of aromatic nitrogens is 1. The molecule has 2 aliphatic heterocycles. The normalized spacial score (nSPS) is 19.4. The zero-order chi connectivity index (χ0) is 22.0. The number of halogens is 2. The lowest BCUT2D eigenvalue weighted by Crippen LogP contribution is -2.46. The van der Waals surface area contributed by atoms with Crippen LogP contribution in [-0.2, 0) is 4.74 Å². The van der Waals surface area contributed by atoms with Gasteiger partial charge >= 0.3 is 12.1 Å². The summed E-state index contributed by atoms with van der Waals surface area (Å²) in [5.74, 6) is -1.16. The number of primary amides is 1. The van der Waals surface area contributed by atoms with Crippen LogP contribution in [-0.4, -0.2) is 67.7 Å². The molecule has 0 spiro atoms. The maximum Gasteiger partial charge on any atom is 0.414 e. The zero-order valence-corrected chi connectivity index (χ0v) is 16.4. The monoisotopic (exact) mass is 437 g/mol. The summed E-state index contributed by atoms with van der Waals surface area (Å²) >= 11 is 0. The fourth-order valence-corrected chi connectivity index (χ4v) is 3.51. The number of hydrogen-bond acceptors (Lipinski definition) is 8. The summed E-state index contributed by atoms with van der Waals surface area (Å²) < 4.78 is 39.7. The maximum absolute atomic E-state index is 14.9. The highest BCUT2D eigenvalue weighted by molar-refractivity contribution is 5.90. The van der Waals surface area contributed by atoms with E-state index in [9.17, 15) is 18.4 Å². The van der Waals surface area contributed by atoms with Crippen molar-refractivity contribution >= 4 is 29.3 Å². The number of nitrogens with one attached hydrogen (secondary N) is 2. The van der Waals surface area contributed by atoms with Crippen LogP contribution in [0.2, 0.25) is 0 Å². The molecular formula is C18H21F2N7O4. The number of anilines is 3. The standard InChI is InChI=1S/C18H21F2N7O4/c19-13-7-11(26-10-12(31-18(26)29)9-22-15-1-6-30-24-15)8-14(20)16(13)25-3-2-23-27(5-4-25)17(21)28/h1,6-8,12,23H,2-5,9-10H2,(H2,21,28)(H,22,24)/t12-/m0/s1. The molecule has 13 heteroatoms. The minimum Gasteiger partial charge on any atom is -0.442 e. The number of ether oxygens (including phenoxy) is 1. The molecule has 0 unspecified atom stereocenters. The highest BCUT2D eigenvalue weighted by Gasteiger charge is 2.34. The van der Waals surface area contributed by atoms with Crippen LogP contribution in [0.15, 0.2) is 29.0 Å². The Morgan fingerprint density at radius 1 is 1.29 bits per heavy atom. The average molecular weight is 437 g/mol. The van der Waals surface area contributed by atoms with Gasteiger partial charge in [-0.1, -0.05) is 5.16 Å². The zero-order valence-electron chi connectivity index (χ0n) is 16.4. The molecular weight excluding hydrogens is 416 g/mol. The second-order valence-electron chi connectivity index (χ2n) is 7.03. The number of carbonyl (C=O) groups excluding carboxylic acids is 2. The van der Waals surface area contributed by atoms with E-state index in [1.807, 2.05) is 0 Å². The van der Waals surface area contributed by atoms with Crippen LogP contribution in [0, 0.1) is 11.6 Å². The number of carbonyl (C=O) groups is 2. The molecule has 4 rings (SSSR count). The summed E-state index contributed by atoms with van der Waals surface area (Å²) in [6.45, 7) is 1.26. The summed E-state index contributed by atoms with van der Waals surface area (Å²) in [5.41, 5.74) is 7.86. The van der Waals surface area contributed by atoms with Crippen molar-refractivity contribution < 1.29 is 27.6 Å². The molecule has 1 aromatic heterocycles. The molecule has 2 aromatic rings. The van der Waals surface area contributed by atoms with Crippen LogP contribution in [0.25, 0.3) is 0 Å². The Labute approximate surface area is 175 Å². The van der Waals surface area contributed by atoms with Crippen LogP contribution < -0.4 is 26.3 Å². The first-order valence-electron chi connectivity index (χ1n) is 9.59. The van der Waals surface area contributed by atoms with Gasteiger partial charge in [-0.2, -0.15) is 0 Å². The third kappa shape index (κ3) is 4.45. The SMILES string of the molecule is NC(=O)N1CCN(c2c(F)cc(N3C[C@H](CNc4ccon4)OC3=O)cc2F)CCN1. The van der Waals surface area contributed by atoms with Gasteiger partial charge in [-0.3, -0.25) is 9.91 Å². The third-order valence-corrected chi connectivity index (χ3v) is 5.00. The number of benzene rings is 1. The molecule has 11 nitrogen and oxygen atoms in total. The molecule has 166 valence electrons. The lowest BCUT2D eigenvalue weighted by Gasteiger charge is -2.24. The molecule has 31 heavy (non-hydrogen) atoms. The Morgan fingerprint density at radius 2 is 2.06 bits per heavy atom. The lowest BCUT2D eigenvalue weighted by molar-refractivity contribution is 0.147. The third-order valence-electron chi connectivity index (χ3n) is 5.00. The highest BCUT2D eigenvalue weighted by atomic mass is 19.1. The molecule has 3 amide bonds. The van der Waals surface area contributed by atoms with Gasteiger partial charge in [0.1, 0.15) is 18.1 Å². The summed E-state index contributed by atoms with van der Waals surface area (Å²) in [5, 5.41) is 7.83. The fourth-order valence-electron chi connectivity index (χ4n) is 3.51. The van der Waals surface area contributed by atoms with Gasteiger partial charge in [0.05, 0.1) is 25.3 Å². The average Bonchev–Trinajstić information content (AvgIpc) is 3.29. The second-order valence-corrected chi connectivity index (χ2v) is 7.03. The number of cyclic esters (lactones) is 1. The number of hydrazine groups is 1. The van der Waals surface area contributed by atoms with Crippen LogP contribution in [0.5, 0.6) is 0 Å². The number of hydrogen-bond donors (Lipinski definition) is 3. The molecule has 1 aromatic carbocycles. The Kier molecular flexibility index (Phi) is 5.75. The maximum atomic E-state index is 14.9. The summed E-state index contributed by atoms with van der Waals surface area (Å²) in [6, 6.07) is 3.13. The van der Waals surface area contributed by atoms with Gasteiger partial charge in [0, 0.05) is 37.8 Å². The summed E-state index contributed by atoms with van der Waals surface area (Å²) in [6.07, 6.45) is 0.162. The first-order valence-corrected chi connectivity index (χ1v) is 9.59. The van der Waals surface area contributed by atoms with Gasteiger partial charge in [0.2, 0.25) is 0 Å². The predicted octanol–water partition coefficient (Wildman–Crippen LogP) is 1.10. The molecule has 0 radical (unpaired) electrons. The van der Waals surface area contributed by atoms with E-state index in [0.29, 0.717) is 5.82 Å². The molecule has 0 aliphatic carbocycles. The van der Waals surface area contributed by atoms with E-state index < -0.39 is 29.9 Å². The minimum atomic E-state index is -0.820. The van der Waals surface area contributed by atoms with Crippen LogP contribution in [0.1, 0.15) is 0 Å². The molecule has 0 saturated carbocycles. The molecule has 4 N–H and O–H groups in total. The van der Waals surface area contributed by atoms with Crippen molar-refractivity contribution in [1.82, 2.24) is 15.6 Å². The van der Waals surface area contributed by atoms with Gasteiger partial charge in [0.15, 0.2) is 17.5 Å². The van der Waals surface area contributed by atoms with Crippen LogP contribution in [0.3, 0.4) is 0 Å². The quantitative estimate of drug-likeness (QED) is 0.634. The first-order chi connectivity index (χ1) is 14.9. The number of nitrogens with zero attached hydrogens (tertiary/aromatic N) is 4. The predicted molar refractivity (Wildman–Crippen MR) is 105 cm³/mol. The van der Waals surface area contributed by atoms with Gasteiger partial charge in [0.25, 0.3) is 0 Å². The highest BCUT2D eigenvalue weighted by Crippen LogP contribution is 2.31. The topological polar surface area (TPSA) is 129 Å². The minimum absolute atomic E-state index is 0.0550. The molecule has 2 saturated heterocycles. The van der Waals surface area contributed by atoms with Crippen molar-refractivity contribution in [2.75, 3.05) is 54.4 Å². The van der Waals surface area contributed by atoms with Gasteiger partial charge in [-0.25, -0.2) is 23.8 Å². The Hall–Kier alpha value is -3.61. The second kappa shape index (κ2) is 8.63. The van der Waals surface area contributed by atoms with Crippen molar-refractivity contribution in [3.05, 3.63) is 36.1 Å².